The van der Waals surface area contributed by atoms with Crippen molar-refractivity contribution in [3.05, 3.63) is 11.9 Å². The van der Waals surface area contributed by atoms with Crippen molar-refractivity contribution in [2.24, 2.45) is 0 Å². The molecule has 0 spiro atoms. The van der Waals surface area contributed by atoms with E-state index in [9.17, 15) is 4.79 Å². The Labute approximate surface area is 70.3 Å². The van der Waals surface area contributed by atoms with Gasteiger partial charge in [0.1, 0.15) is 4.83 Å². The van der Waals surface area contributed by atoms with Crippen LogP contribution in [0.25, 0.3) is 10.3 Å². The van der Waals surface area contributed by atoms with E-state index in [0.29, 0.717) is 10.3 Å². The molecule has 0 aliphatic carbocycles. The number of nitrogens with one attached hydrogen (secondary N) is 1. The summed E-state index contributed by atoms with van der Waals surface area (Å²) in [6.45, 7) is 0. The first-order chi connectivity index (χ1) is 5.66. The van der Waals surface area contributed by atoms with Crippen LogP contribution in [0.3, 0.4) is 0 Å². The van der Waals surface area contributed by atoms with Gasteiger partial charge in [-0.15, -0.1) is 0 Å². The number of imidazole rings is 1. The quantitative estimate of drug-likeness (QED) is 0.617. The largest absolute Gasteiger partial charge is 0.499 e. The molecule has 2 heterocycles. The smallest absolute Gasteiger partial charge is 0.371 e. The van der Waals surface area contributed by atoms with E-state index in [1.807, 2.05) is 0 Å². The topological polar surface area (TPSA) is 86.2 Å². The number of carboxylic acid groups (broad SMARTS) is 1. The molecule has 6 heteroatoms. The number of rotatable bonds is 1. The van der Waals surface area contributed by atoms with Gasteiger partial charge in [-0.05, 0) is 0 Å². The Hall–Kier alpha value is -1.56. The van der Waals surface area contributed by atoms with E-state index in [0.717, 1.165) is 11.3 Å². The number of aromatic carboxylic acids is 1. The lowest BCUT2D eigenvalue weighted by Gasteiger charge is -1.81. The van der Waals surface area contributed by atoms with Gasteiger partial charge in [0.2, 0.25) is 5.82 Å². The molecule has 0 fully saturated rings. The van der Waals surface area contributed by atoms with E-state index < -0.39 is 5.97 Å². The Morgan fingerprint density at radius 1 is 1.67 bits per heavy atom. The molecule has 0 amide bonds. The second-order valence-electron chi connectivity index (χ2n) is 2.19. The van der Waals surface area contributed by atoms with E-state index in [4.69, 9.17) is 10.2 Å². The number of hydrogen-bond donors (Lipinski definition) is 3. The summed E-state index contributed by atoms with van der Waals surface area (Å²) < 4.78 is 0. The fraction of sp³-hybridized carbons (Fsp3) is 0. The molecule has 0 bridgehead atoms. The second kappa shape index (κ2) is 2.21. The van der Waals surface area contributed by atoms with E-state index in [-0.39, 0.29) is 10.9 Å². The number of aromatic amines is 1. The second-order valence-corrected chi connectivity index (χ2v) is 3.20. The summed E-state index contributed by atoms with van der Waals surface area (Å²) in [7, 11) is 0. The number of carbonyl (C=O) groups is 1. The van der Waals surface area contributed by atoms with Gasteiger partial charge in [0.15, 0.2) is 5.06 Å². The van der Waals surface area contributed by atoms with Gasteiger partial charge in [0.05, 0.1) is 5.52 Å². The maximum absolute atomic E-state index is 10.4. The van der Waals surface area contributed by atoms with Crippen LogP contribution in [0.5, 0.6) is 5.06 Å². The minimum Gasteiger partial charge on any atom is -0.499 e. The fourth-order valence-electron chi connectivity index (χ4n) is 0.900. The molecule has 0 aromatic carbocycles. The molecule has 0 aliphatic heterocycles. The lowest BCUT2D eigenvalue weighted by atomic mass is 10.6. The standard InChI is InChI=1S/C6H4N2O3S/c9-3-1-2-5(12-3)8-4(7-2)6(10)11/h1,9H,(H,7,8)(H,10,11). The number of aromatic nitrogens is 2. The predicted molar refractivity (Wildman–Crippen MR) is 42.6 cm³/mol. The molecule has 5 nitrogen and oxygen atoms in total. The zero-order chi connectivity index (χ0) is 8.72. The van der Waals surface area contributed by atoms with Gasteiger partial charge >= 0.3 is 5.97 Å². The average molecular weight is 184 g/mol. The lowest BCUT2D eigenvalue weighted by Crippen LogP contribution is -1.97. The van der Waals surface area contributed by atoms with Crippen molar-refractivity contribution >= 4 is 27.7 Å². The van der Waals surface area contributed by atoms with Gasteiger partial charge in [0.25, 0.3) is 0 Å². The van der Waals surface area contributed by atoms with Crippen molar-refractivity contribution in [1.29, 1.82) is 0 Å². The first-order valence-corrected chi connectivity index (χ1v) is 3.90. The third-order valence-corrected chi connectivity index (χ3v) is 2.20. The Morgan fingerprint density at radius 3 is 3.00 bits per heavy atom. The molecular formula is C6H4N2O3S. The molecule has 0 unspecified atom stereocenters. The van der Waals surface area contributed by atoms with Gasteiger partial charge in [0, 0.05) is 6.07 Å². The van der Waals surface area contributed by atoms with Crippen LogP contribution in [0.2, 0.25) is 0 Å². The highest BCUT2D eigenvalue weighted by molar-refractivity contribution is 7.20. The van der Waals surface area contributed by atoms with Crippen molar-refractivity contribution in [2.75, 3.05) is 0 Å². The van der Waals surface area contributed by atoms with Crippen LogP contribution in [-0.2, 0) is 0 Å². The van der Waals surface area contributed by atoms with Crippen LogP contribution in [0.4, 0.5) is 0 Å². The molecule has 0 radical (unpaired) electrons. The van der Waals surface area contributed by atoms with Gasteiger partial charge in [-0.2, -0.15) is 0 Å². The fourth-order valence-corrected chi connectivity index (χ4v) is 1.63. The summed E-state index contributed by atoms with van der Waals surface area (Å²) in [4.78, 5) is 17.2. The summed E-state index contributed by atoms with van der Waals surface area (Å²) in [6, 6.07) is 1.44. The highest BCUT2D eigenvalue weighted by Gasteiger charge is 2.11. The maximum Gasteiger partial charge on any atom is 0.371 e. The van der Waals surface area contributed by atoms with Crippen LogP contribution < -0.4 is 0 Å². The third kappa shape index (κ3) is 0.928. The number of hydrogen-bond acceptors (Lipinski definition) is 4. The predicted octanol–water partition coefficient (Wildman–Crippen LogP) is 1.03. The summed E-state index contributed by atoms with van der Waals surface area (Å²) in [6.07, 6.45) is 0. The highest BCUT2D eigenvalue weighted by atomic mass is 32.1. The molecule has 3 N–H and O–H groups in total. The summed E-state index contributed by atoms with van der Waals surface area (Å²) in [5.74, 6) is -1.20. The molecule has 0 aliphatic rings. The molecule has 62 valence electrons. The first kappa shape index (κ1) is 7.11. The molecule has 0 saturated heterocycles. The van der Waals surface area contributed by atoms with Gasteiger partial charge < -0.3 is 15.2 Å². The third-order valence-electron chi connectivity index (χ3n) is 1.37. The van der Waals surface area contributed by atoms with Crippen LogP contribution in [-0.4, -0.2) is 26.2 Å². The van der Waals surface area contributed by atoms with Crippen LogP contribution >= 0.6 is 11.3 Å². The van der Waals surface area contributed by atoms with Gasteiger partial charge in [-0.1, -0.05) is 11.3 Å². The Kier molecular flexibility index (Phi) is 1.31. The highest BCUT2D eigenvalue weighted by Crippen LogP contribution is 2.28. The van der Waals surface area contributed by atoms with E-state index in [1.54, 1.807) is 0 Å². The van der Waals surface area contributed by atoms with E-state index in [2.05, 4.69) is 9.97 Å². The Bertz CT molecular complexity index is 413. The minimum absolute atomic E-state index is 0.101. The maximum atomic E-state index is 10.4. The van der Waals surface area contributed by atoms with Crippen molar-refractivity contribution in [2.45, 2.75) is 0 Å². The lowest BCUT2D eigenvalue weighted by molar-refractivity contribution is 0.0685. The SMILES string of the molecule is O=C(O)c1nc2sc(O)cc2[nH]1. The summed E-state index contributed by atoms with van der Waals surface area (Å²) in [5, 5.41) is 17.6. The first-order valence-electron chi connectivity index (χ1n) is 3.08. The van der Waals surface area contributed by atoms with Gasteiger partial charge in [-0.25, -0.2) is 9.78 Å². The van der Waals surface area contributed by atoms with Crippen LogP contribution in [0.15, 0.2) is 6.07 Å². The van der Waals surface area contributed by atoms with Crippen LogP contribution in [0.1, 0.15) is 10.6 Å². The zero-order valence-corrected chi connectivity index (χ0v) is 6.55. The normalized spacial score (nSPS) is 10.7. The molecule has 2 rings (SSSR count). The summed E-state index contributed by atoms with van der Waals surface area (Å²) >= 11 is 1.04. The number of carboxylic acids is 1. The molecule has 0 saturated carbocycles. The summed E-state index contributed by atoms with van der Waals surface area (Å²) in [5.41, 5.74) is 0.551. The number of nitrogens with zero attached hydrogens (tertiary/aromatic N) is 1. The Morgan fingerprint density at radius 2 is 2.42 bits per heavy atom. The van der Waals surface area contributed by atoms with Crippen LogP contribution in [0, 0.1) is 0 Å². The van der Waals surface area contributed by atoms with Crippen molar-refractivity contribution in [3.8, 4) is 5.06 Å². The van der Waals surface area contributed by atoms with Gasteiger partial charge in [-0.3, -0.25) is 0 Å². The number of H-pyrrole nitrogens is 1. The molecule has 2 aromatic heterocycles. The molecule has 12 heavy (non-hydrogen) atoms. The number of thiophene rings is 1. The van der Waals surface area contributed by atoms with Crippen molar-refractivity contribution in [1.82, 2.24) is 9.97 Å². The Balaban J connectivity index is 2.64. The molecule has 2 aromatic rings. The minimum atomic E-state index is -1.10. The van der Waals surface area contributed by atoms with E-state index in [1.165, 1.54) is 6.07 Å². The average Bonchev–Trinajstić information content (AvgIpc) is 2.42. The number of fused-ring (bicyclic) bond motifs is 1. The zero-order valence-electron chi connectivity index (χ0n) is 5.74. The number of aromatic hydroxyl groups is 1. The van der Waals surface area contributed by atoms with Crippen molar-refractivity contribution < 1.29 is 15.0 Å². The van der Waals surface area contributed by atoms with Crippen molar-refractivity contribution in [3.63, 3.8) is 0 Å². The molecule has 0 atom stereocenters. The van der Waals surface area contributed by atoms with E-state index >= 15 is 0 Å². The molecular weight excluding hydrogens is 180 g/mol. The monoisotopic (exact) mass is 184 g/mol.